The first-order chi connectivity index (χ1) is 7.61. The number of Topliss-reactive ketones (excluding diaryl/α,β-unsaturated/α-hetero) is 1. The van der Waals surface area contributed by atoms with E-state index in [1.54, 1.807) is 6.92 Å². The Kier molecular flexibility index (Phi) is 9.80. The molecule has 0 saturated carbocycles. The molecule has 0 rings (SSSR count). The van der Waals surface area contributed by atoms with Gasteiger partial charge in [0.15, 0.2) is 0 Å². The van der Waals surface area contributed by atoms with E-state index in [-0.39, 0.29) is 14.0 Å². The molecule has 0 heterocycles. The van der Waals surface area contributed by atoms with Crippen molar-refractivity contribution in [3.8, 4) is 0 Å². The van der Waals surface area contributed by atoms with Gasteiger partial charge in [-0.25, -0.2) is 0 Å². The van der Waals surface area contributed by atoms with E-state index in [9.17, 15) is 4.79 Å². The summed E-state index contributed by atoms with van der Waals surface area (Å²) in [7, 11) is -0.241. The lowest BCUT2D eigenvalue weighted by Crippen LogP contribution is -2.20. The minimum absolute atomic E-state index is 0.194. The highest BCUT2D eigenvalue weighted by atomic mass is 31.1. The van der Waals surface area contributed by atoms with Gasteiger partial charge >= 0.3 is 0 Å². The summed E-state index contributed by atoms with van der Waals surface area (Å²) in [4.78, 5) is 11.4. The number of rotatable bonds is 10. The molecule has 16 heavy (non-hydrogen) atoms. The maximum atomic E-state index is 11.4. The molecule has 0 aromatic carbocycles. The van der Waals surface area contributed by atoms with E-state index in [0.29, 0.717) is 5.78 Å². The van der Waals surface area contributed by atoms with Crippen molar-refractivity contribution in [3.05, 3.63) is 12.7 Å². The molecular formula is C12H25N2OP. The standard InChI is InChI=1S/C12H25N2OP/c1-4-5-7-12(11(2)15)10-16(3)14-9-6-8-13/h4,12,14H,1,5-10,13H2,2-3H3. The number of carbonyl (C=O) groups excluding carboxylic acids is 1. The fraction of sp³-hybridized carbons (Fsp3) is 0.750. The first kappa shape index (κ1) is 15.8. The van der Waals surface area contributed by atoms with Crippen molar-refractivity contribution in [1.29, 1.82) is 0 Å². The van der Waals surface area contributed by atoms with Gasteiger partial charge in [0.25, 0.3) is 0 Å². The van der Waals surface area contributed by atoms with Crippen LogP contribution in [0.15, 0.2) is 12.7 Å². The first-order valence-electron chi connectivity index (χ1n) is 5.87. The van der Waals surface area contributed by atoms with E-state index in [0.717, 1.165) is 38.5 Å². The molecule has 0 aliphatic rings. The normalized spacial score (nSPS) is 14.4. The fourth-order valence-corrected chi connectivity index (χ4v) is 3.28. The molecule has 94 valence electrons. The highest BCUT2D eigenvalue weighted by Gasteiger charge is 2.16. The van der Waals surface area contributed by atoms with Crippen LogP contribution < -0.4 is 10.8 Å². The highest BCUT2D eigenvalue weighted by molar-refractivity contribution is 7.54. The zero-order valence-corrected chi connectivity index (χ0v) is 11.4. The Labute approximate surface area is 101 Å². The van der Waals surface area contributed by atoms with Crippen LogP contribution in [-0.2, 0) is 4.79 Å². The van der Waals surface area contributed by atoms with Gasteiger partial charge in [-0.05, 0) is 53.6 Å². The Morgan fingerprint density at radius 1 is 1.62 bits per heavy atom. The lowest BCUT2D eigenvalue weighted by atomic mass is 10.0. The molecule has 0 radical (unpaired) electrons. The van der Waals surface area contributed by atoms with Gasteiger partial charge in [-0.15, -0.1) is 6.58 Å². The monoisotopic (exact) mass is 244 g/mol. The largest absolute Gasteiger partial charge is 0.330 e. The molecule has 0 aromatic heterocycles. The number of nitrogens with one attached hydrogen (secondary N) is 1. The maximum Gasteiger partial charge on any atom is 0.133 e. The Morgan fingerprint density at radius 2 is 2.31 bits per heavy atom. The van der Waals surface area contributed by atoms with E-state index in [2.05, 4.69) is 18.3 Å². The lowest BCUT2D eigenvalue weighted by Gasteiger charge is -2.19. The smallest absolute Gasteiger partial charge is 0.133 e. The second-order valence-corrected chi connectivity index (χ2v) is 6.18. The van der Waals surface area contributed by atoms with Gasteiger partial charge in [0, 0.05) is 12.5 Å². The summed E-state index contributed by atoms with van der Waals surface area (Å²) in [5.74, 6) is 0.497. The van der Waals surface area contributed by atoms with E-state index in [4.69, 9.17) is 5.73 Å². The van der Waals surface area contributed by atoms with Crippen LogP contribution in [0.1, 0.15) is 26.2 Å². The van der Waals surface area contributed by atoms with Gasteiger partial charge in [0.05, 0.1) is 0 Å². The van der Waals surface area contributed by atoms with Gasteiger partial charge in [0.2, 0.25) is 0 Å². The molecule has 0 aliphatic carbocycles. The van der Waals surface area contributed by atoms with E-state index >= 15 is 0 Å². The molecule has 0 aromatic rings. The molecule has 0 saturated heterocycles. The summed E-state index contributed by atoms with van der Waals surface area (Å²) in [5, 5.41) is 3.45. The zero-order chi connectivity index (χ0) is 12.4. The second-order valence-electron chi connectivity index (χ2n) is 4.10. The van der Waals surface area contributed by atoms with Crippen molar-refractivity contribution in [3.63, 3.8) is 0 Å². The van der Waals surface area contributed by atoms with Crippen molar-refractivity contribution >= 4 is 13.9 Å². The Balaban J connectivity index is 3.87. The summed E-state index contributed by atoms with van der Waals surface area (Å²) in [6.07, 6.45) is 5.73. The van der Waals surface area contributed by atoms with Gasteiger partial charge in [-0.3, -0.25) is 9.88 Å². The van der Waals surface area contributed by atoms with Crippen LogP contribution >= 0.6 is 8.07 Å². The maximum absolute atomic E-state index is 11.4. The third-order valence-corrected chi connectivity index (χ3v) is 4.30. The molecule has 0 spiro atoms. The van der Waals surface area contributed by atoms with Gasteiger partial charge in [0.1, 0.15) is 5.78 Å². The van der Waals surface area contributed by atoms with Crippen LogP contribution in [-0.4, -0.2) is 31.7 Å². The van der Waals surface area contributed by atoms with Crippen LogP contribution in [0, 0.1) is 5.92 Å². The van der Waals surface area contributed by atoms with Gasteiger partial charge in [-0.2, -0.15) is 0 Å². The quantitative estimate of drug-likeness (QED) is 0.351. The first-order valence-corrected chi connectivity index (χ1v) is 7.85. The molecule has 3 nitrogen and oxygen atoms in total. The molecule has 0 amide bonds. The predicted octanol–water partition coefficient (Wildman–Crippen LogP) is 2.12. The average Bonchev–Trinajstić information content (AvgIpc) is 2.24. The van der Waals surface area contributed by atoms with Crippen molar-refractivity contribution in [2.75, 3.05) is 25.9 Å². The summed E-state index contributed by atoms with van der Waals surface area (Å²) < 4.78 is 0. The number of allylic oxidation sites excluding steroid dienone is 1. The minimum Gasteiger partial charge on any atom is -0.330 e. The summed E-state index contributed by atoms with van der Waals surface area (Å²) in [5.41, 5.74) is 5.43. The lowest BCUT2D eigenvalue weighted by molar-refractivity contribution is -0.120. The highest BCUT2D eigenvalue weighted by Crippen LogP contribution is 2.30. The number of ketones is 1. The topological polar surface area (TPSA) is 55.1 Å². The molecule has 0 aliphatic heterocycles. The second kappa shape index (κ2) is 9.95. The van der Waals surface area contributed by atoms with Crippen molar-refractivity contribution in [1.82, 2.24) is 5.09 Å². The van der Waals surface area contributed by atoms with Crippen LogP contribution in [0.3, 0.4) is 0 Å². The van der Waals surface area contributed by atoms with Crippen molar-refractivity contribution in [2.45, 2.75) is 26.2 Å². The Hall–Kier alpha value is -0.240. The van der Waals surface area contributed by atoms with Crippen molar-refractivity contribution in [2.24, 2.45) is 11.7 Å². The minimum atomic E-state index is -0.241. The molecule has 0 fully saturated rings. The SMILES string of the molecule is C=CCCC(CP(C)NCCCN)C(C)=O. The number of hydrogen-bond donors (Lipinski definition) is 2. The van der Waals surface area contributed by atoms with Crippen LogP contribution in [0.2, 0.25) is 0 Å². The van der Waals surface area contributed by atoms with Crippen LogP contribution in [0.4, 0.5) is 0 Å². The Bertz CT molecular complexity index is 209. The fourth-order valence-electron chi connectivity index (χ4n) is 1.51. The predicted molar refractivity (Wildman–Crippen MR) is 73.0 cm³/mol. The summed E-state index contributed by atoms with van der Waals surface area (Å²) >= 11 is 0. The number of hydrogen-bond acceptors (Lipinski definition) is 3. The van der Waals surface area contributed by atoms with Gasteiger partial charge in [-0.1, -0.05) is 6.08 Å². The molecule has 4 heteroatoms. The van der Waals surface area contributed by atoms with Crippen LogP contribution in [0.5, 0.6) is 0 Å². The molecule has 0 bridgehead atoms. The molecule has 2 unspecified atom stereocenters. The Morgan fingerprint density at radius 3 is 2.81 bits per heavy atom. The summed E-state index contributed by atoms with van der Waals surface area (Å²) in [6.45, 7) is 9.27. The number of carbonyl (C=O) groups is 1. The molecule has 3 N–H and O–H groups in total. The summed E-state index contributed by atoms with van der Waals surface area (Å²) in [6, 6.07) is 0. The average molecular weight is 244 g/mol. The van der Waals surface area contributed by atoms with Crippen LogP contribution in [0.25, 0.3) is 0 Å². The van der Waals surface area contributed by atoms with E-state index in [1.807, 2.05) is 6.08 Å². The van der Waals surface area contributed by atoms with E-state index < -0.39 is 0 Å². The van der Waals surface area contributed by atoms with Gasteiger partial charge < -0.3 is 5.73 Å². The molecule has 2 atom stereocenters. The third-order valence-electron chi connectivity index (χ3n) is 2.55. The molecular weight excluding hydrogens is 219 g/mol. The van der Waals surface area contributed by atoms with E-state index in [1.165, 1.54) is 0 Å². The van der Waals surface area contributed by atoms with Crippen molar-refractivity contribution < 1.29 is 4.79 Å². The number of nitrogens with two attached hydrogens (primary N) is 1. The third kappa shape index (κ3) is 7.98. The zero-order valence-electron chi connectivity index (χ0n) is 10.5.